The van der Waals surface area contributed by atoms with Crippen molar-refractivity contribution in [2.24, 2.45) is 0 Å². The molecule has 158 valence electrons. The molecular formula is C22H30N2O4S. The van der Waals surface area contributed by atoms with Crippen molar-refractivity contribution in [3.63, 3.8) is 0 Å². The molecule has 0 bridgehead atoms. The number of piperidine rings is 1. The first-order valence-electron chi connectivity index (χ1n) is 10.0. The molecule has 6 nitrogen and oxygen atoms in total. The summed E-state index contributed by atoms with van der Waals surface area (Å²) in [5.74, 6) is 0. The van der Waals surface area contributed by atoms with Crippen LogP contribution in [0.3, 0.4) is 0 Å². The van der Waals surface area contributed by atoms with Crippen LogP contribution in [0, 0.1) is 13.8 Å². The Morgan fingerprint density at radius 2 is 1.69 bits per heavy atom. The van der Waals surface area contributed by atoms with E-state index in [4.69, 9.17) is 10.5 Å². The average Bonchev–Trinajstić information content (AvgIpc) is 2.75. The second-order valence-electron chi connectivity index (χ2n) is 7.67. The first-order valence-corrected chi connectivity index (χ1v) is 11.2. The Morgan fingerprint density at radius 3 is 2.41 bits per heavy atom. The summed E-state index contributed by atoms with van der Waals surface area (Å²) in [6.07, 6.45) is 2.69. The second-order valence-corrected chi connectivity index (χ2v) is 9.09. The van der Waals surface area contributed by atoms with Gasteiger partial charge in [-0.2, -0.15) is 0 Å². The van der Waals surface area contributed by atoms with Crippen LogP contribution in [0.5, 0.6) is 0 Å². The number of hydrogen-bond donors (Lipinski definition) is 3. The van der Waals surface area contributed by atoms with Crippen LogP contribution in [-0.4, -0.2) is 57.0 Å². The molecule has 2 heterocycles. The highest BCUT2D eigenvalue weighted by Crippen LogP contribution is 2.44. The van der Waals surface area contributed by atoms with Crippen LogP contribution in [-0.2, 0) is 10.8 Å². The third-order valence-corrected chi connectivity index (χ3v) is 7.38. The summed E-state index contributed by atoms with van der Waals surface area (Å²) in [6.45, 7) is 8.17. The van der Waals surface area contributed by atoms with Gasteiger partial charge >= 0.3 is 0 Å². The van der Waals surface area contributed by atoms with E-state index in [0.29, 0.717) is 0 Å². The monoisotopic (exact) mass is 418 g/mol. The van der Waals surface area contributed by atoms with E-state index in [0.717, 1.165) is 66.6 Å². The topological polar surface area (TPSA) is 84.2 Å². The van der Waals surface area contributed by atoms with Crippen LogP contribution in [0.2, 0.25) is 0 Å². The summed E-state index contributed by atoms with van der Waals surface area (Å²) in [7, 11) is -1.12. The maximum atomic E-state index is 13.1. The number of benzene rings is 2. The highest BCUT2D eigenvalue weighted by Gasteiger charge is 2.29. The van der Waals surface area contributed by atoms with Crippen molar-refractivity contribution in [1.29, 1.82) is 0 Å². The Balaban J connectivity index is 0.00000117. The number of anilines is 2. The number of aliphatic hydroxyl groups excluding tert-OH is 1. The Morgan fingerprint density at radius 1 is 1.00 bits per heavy atom. The summed E-state index contributed by atoms with van der Waals surface area (Å²) in [5.41, 5.74) is 4.66. The first-order chi connectivity index (χ1) is 14.1. The lowest BCUT2D eigenvalue weighted by molar-refractivity contribution is -0.176. The van der Waals surface area contributed by atoms with E-state index in [1.54, 1.807) is 0 Å². The molecule has 2 aliphatic heterocycles. The van der Waals surface area contributed by atoms with Crippen LogP contribution in [0.1, 0.15) is 30.4 Å². The molecule has 4 rings (SSSR count). The van der Waals surface area contributed by atoms with Gasteiger partial charge in [-0.05, 0) is 69.0 Å². The predicted molar refractivity (Wildman–Crippen MR) is 116 cm³/mol. The zero-order valence-electron chi connectivity index (χ0n) is 17.0. The van der Waals surface area contributed by atoms with Crippen LogP contribution < -0.4 is 4.90 Å². The fraction of sp³-hybridized carbons (Fsp3) is 0.455. The zero-order valence-corrected chi connectivity index (χ0v) is 17.9. The highest BCUT2D eigenvalue weighted by atomic mass is 32.2. The smallest absolute Gasteiger partial charge is 0.0892 e. The van der Waals surface area contributed by atoms with E-state index in [9.17, 15) is 9.32 Å². The number of nitrogens with zero attached hydrogens (tertiary/aromatic N) is 2. The van der Waals surface area contributed by atoms with Crippen LogP contribution in [0.15, 0.2) is 46.2 Å². The minimum absolute atomic E-state index is 0.122. The van der Waals surface area contributed by atoms with Crippen molar-refractivity contribution in [3.8, 4) is 0 Å². The molecule has 2 aliphatic rings. The lowest BCUT2D eigenvalue weighted by Gasteiger charge is -2.35. The predicted octanol–water partition coefficient (Wildman–Crippen LogP) is 3.79. The van der Waals surface area contributed by atoms with Gasteiger partial charge in [-0.15, -0.1) is 0 Å². The average molecular weight is 419 g/mol. The molecule has 0 radical (unpaired) electrons. The van der Waals surface area contributed by atoms with Crippen molar-refractivity contribution < 1.29 is 19.8 Å². The number of likely N-dealkylation sites (tertiary alicyclic amines) is 1. The number of rotatable bonds is 4. The molecule has 29 heavy (non-hydrogen) atoms. The van der Waals surface area contributed by atoms with E-state index >= 15 is 0 Å². The second kappa shape index (κ2) is 9.82. The molecule has 2 aromatic carbocycles. The van der Waals surface area contributed by atoms with Gasteiger partial charge in [0.25, 0.3) is 0 Å². The standard InChI is InChI=1S/C22H28N2O2S.H2O2/c1-16-8-9-21-22(17(16)2)24(19-6-3-4-7-20(19)27(21)26)13-5-12-23-14-10-18(25)11-15-23;1-2/h3-4,6-9,18,25H,5,10-15H2,1-2H3;1-2H. The van der Waals surface area contributed by atoms with Gasteiger partial charge in [0.1, 0.15) is 0 Å². The summed E-state index contributed by atoms with van der Waals surface area (Å²) in [6, 6.07) is 12.2. The molecule has 1 atom stereocenters. The highest BCUT2D eigenvalue weighted by molar-refractivity contribution is 7.85. The van der Waals surface area contributed by atoms with Gasteiger partial charge in [0.05, 0.1) is 38.1 Å². The number of aliphatic hydroxyl groups is 1. The number of aryl methyl sites for hydroxylation is 1. The molecule has 7 heteroatoms. The van der Waals surface area contributed by atoms with Crippen molar-refractivity contribution in [2.75, 3.05) is 31.1 Å². The van der Waals surface area contributed by atoms with E-state index in [2.05, 4.69) is 35.8 Å². The summed E-state index contributed by atoms with van der Waals surface area (Å²) >= 11 is 0. The van der Waals surface area contributed by atoms with Crippen molar-refractivity contribution >= 4 is 22.2 Å². The molecule has 2 aromatic rings. The number of hydrogen-bond acceptors (Lipinski definition) is 6. The Labute approximate surface area is 174 Å². The van der Waals surface area contributed by atoms with Crippen LogP contribution in [0.25, 0.3) is 0 Å². The number of para-hydroxylation sites is 1. The quantitative estimate of drug-likeness (QED) is 0.518. The third kappa shape index (κ3) is 4.54. The normalized spacial score (nSPS) is 19.2. The van der Waals surface area contributed by atoms with Gasteiger partial charge in [0.2, 0.25) is 0 Å². The number of fused-ring (bicyclic) bond motifs is 2. The fourth-order valence-corrected chi connectivity index (χ4v) is 5.60. The molecule has 0 aliphatic carbocycles. The lowest BCUT2D eigenvalue weighted by Crippen LogP contribution is -2.37. The minimum Gasteiger partial charge on any atom is -0.393 e. The molecular weight excluding hydrogens is 388 g/mol. The maximum absolute atomic E-state index is 13.1. The first kappa shape index (κ1) is 21.9. The van der Waals surface area contributed by atoms with Gasteiger partial charge in [-0.1, -0.05) is 18.2 Å². The maximum Gasteiger partial charge on any atom is 0.0892 e. The van der Waals surface area contributed by atoms with Crippen LogP contribution in [0.4, 0.5) is 11.4 Å². The third-order valence-electron chi connectivity index (χ3n) is 5.90. The van der Waals surface area contributed by atoms with Crippen LogP contribution >= 0.6 is 0 Å². The molecule has 1 unspecified atom stereocenters. The largest absolute Gasteiger partial charge is 0.393 e. The minimum atomic E-state index is -1.12. The Kier molecular flexibility index (Phi) is 7.43. The zero-order chi connectivity index (χ0) is 21.0. The van der Waals surface area contributed by atoms with E-state index in [-0.39, 0.29) is 6.10 Å². The molecule has 0 aromatic heterocycles. The molecule has 1 saturated heterocycles. The van der Waals surface area contributed by atoms with Gasteiger partial charge in [0.15, 0.2) is 0 Å². The Bertz CT molecular complexity index is 866. The molecule has 0 spiro atoms. The van der Waals surface area contributed by atoms with Gasteiger partial charge < -0.3 is 14.9 Å². The summed E-state index contributed by atoms with van der Waals surface area (Å²) < 4.78 is 13.1. The molecule has 1 fully saturated rings. The molecule has 3 N–H and O–H groups in total. The van der Waals surface area contributed by atoms with Gasteiger partial charge in [-0.25, -0.2) is 4.21 Å². The van der Waals surface area contributed by atoms with E-state index in [1.165, 1.54) is 11.1 Å². The molecule has 0 saturated carbocycles. The van der Waals surface area contributed by atoms with Gasteiger partial charge in [0, 0.05) is 19.6 Å². The van der Waals surface area contributed by atoms with Crippen molar-refractivity contribution in [2.45, 2.75) is 49.0 Å². The summed E-state index contributed by atoms with van der Waals surface area (Å²) in [5, 5.41) is 21.7. The lowest BCUT2D eigenvalue weighted by atomic mass is 10.1. The van der Waals surface area contributed by atoms with Crippen molar-refractivity contribution in [1.82, 2.24) is 4.90 Å². The Hall–Kier alpha value is -1.77. The van der Waals surface area contributed by atoms with E-state index < -0.39 is 10.8 Å². The fourth-order valence-electron chi connectivity index (χ4n) is 4.16. The van der Waals surface area contributed by atoms with Crippen molar-refractivity contribution in [3.05, 3.63) is 47.5 Å². The van der Waals surface area contributed by atoms with Gasteiger partial charge in [-0.3, -0.25) is 10.5 Å². The summed E-state index contributed by atoms with van der Waals surface area (Å²) in [4.78, 5) is 6.66. The SMILES string of the molecule is Cc1ccc2c(c1C)N(CCCN1CCC(O)CC1)c1ccccc1S2=O.OO. The molecule has 0 amide bonds. The van der Waals surface area contributed by atoms with E-state index in [1.807, 2.05) is 24.3 Å².